The molecule has 1 N–H and O–H groups in total. The topological polar surface area (TPSA) is 64.6 Å². The third-order valence-corrected chi connectivity index (χ3v) is 5.52. The van der Waals surface area contributed by atoms with Crippen LogP contribution < -0.4 is 5.32 Å². The summed E-state index contributed by atoms with van der Waals surface area (Å²) in [5.41, 5.74) is 2.14. The molecule has 0 aromatic heterocycles. The van der Waals surface area contributed by atoms with Crippen LogP contribution >= 0.6 is 0 Å². The van der Waals surface area contributed by atoms with Crippen LogP contribution in [0.3, 0.4) is 0 Å². The predicted molar refractivity (Wildman–Crippen MR) is 117 cm³/mol. The molecule has 1 aliphatic carbocycles. The van der Waals surface area contributed by atoms with Gasteiger partial charge in [0.05, 0.1) is 12.5 Å². The van der Waals surface area contributed by atoms with E-state index in [0.717, 1.165) is 16.7 Å². The molecule has 1 saturated carbocycles. The Morgan fingerprint density at radius 3 is 2.43 bits per heavy atom. The van der Waals surface area contributed by atoms with Crippen molar-refractivity contribution in [3.8, 4) is 11.1 Å². The molecule has 5 heteroatoms. The highest BCUT2D eigenvalue weighted by Gasteiger charge is 2.47. The largest absolute Gasteiger partial charge is 0.469 e. The number of hydrogen-bond donors (Lipinski definition) is 1. The highest BCUT2D eigenvalue weighted by atomic mass is 16.6. The van der Waals surface area contributed by atoms with Gasteiger partial charge in [0.2, 0.25) is 0 Å². The fourth-order valence-electron chi connectivity index (χ4n) is 4.24. The number of alkyl carbamates (subject to hydrolysis) is 1. The quantitative estimate of drug-likeness (QED) is 0.695. The standard InChI is InChI=1S/C25H31NO4/c1-24(2,3)30-23(28)26-21-13-14-25(17-21,22(27)29-4)16-18-9-8-12-20(15-18)19-10-6-5-7-11-19/h5-12,15,21H,13-14,16-17H2,1-4H3,(H,26,28)/t21-,25+/m0/s1. The van der Waals surface area contributed by atoms with Gasteiger partial charge in [-0.25, -0.2) is 4.79 Å². The van der Waals surface area contributed by atoms with Crippen LogP contribution in [0.25, 0.3) is 11.1 Å². The zero-order valence-corrected chi connectivity index (χ0v) is 18.2. The van der Waals surface area contributed by atoms with Gasteiger partial charge in [0.25, 0.3) is 0 Å². The van der Waals surface area contributed by atoms with E-state index in [4.69, 9.17) is 9.47 Å². The molecule has 0 unspecified atom stereocenters. The monoisotopic (exact) mass is 409 g/mol. The number of carbonyl (C=O) groups excluding carboxylic acids is 2. The minimum atomic E-state index is -0.649. The zero-order chi connectivity index (χ0) is 21.8. The first-order valence-corrected chi connectivity index (χ1v) is 10.4. The minimum Gasteiger partial charge on any atom is -0.469 e. The van der Waals surface area contributed by atoms with Gasteiger partial charge in [0, 0.05) is 6.04 Å². The van der Waals surface area contributed by atoms with E-state index < -0.39 is 17.1 Å². The van der Waals surface area contributed by atoms with Crippen LogP contribution in [-0.2, 0) is 20.7 Å². The fourth-order valence-corrected chi connectivity index (χ4v) is 4.24. The van der Waals surface area contributed by atoms with E-state index >= 15 is 0 Å². The number of hydrogen-bond acceptors (Lipinski definition) is 4. The Bertz CT molecular complexity index is 888. The molecule has 0 spiro atoms. The van der Waals surface area contributed by atoms with Gasteiger partial charge in [-0.1, -0.05) is 54.6 Å². The van der Waals surface area contributed by atoms with Crippen molar-refractivity contribution in [1.82, 2.24) is 5.32 Å². The number of benzene rings is 2. The average molecular weight is 410 g/mol. The molecule has 0 bridgehead atoms. The van der Waals surface area contributed by atoms with Gasteiger partial charge in [-0.15, -0.1) is 0 Å². The first-order valence-electron chi connectivity index (χ1n) is 10.4. The van der Waals surface area contributed by atoms with Crippen LogP contribution in [-0.4, -0.2) is 30.8 Å². The van der Waals surface area contributed by atoms with E-state index in [1.807, 2.05) is 51.1 Å². The predicted octanol–water partition coefficient (Wildman–Crippen LogP) is 5.13. The van der Waals surface area contributed by atoms with E-state index in [1.54, 1.807) is 0 Å². The van der Waals surface area contributed by atoms with E-state index in [-0.39, 0.29) is 12.0 Å². The van der Waals surface area contributed by atoms with E-state index in [9.17, 15) is 9.59 Å². The molecule has 2 aromatic rings. The first kappa shape index (κ1) is 21.9. The van der Waals surface area contributed by atoms with Gasteiger partial charge < -0.3 is 14.8 Å². The molecule has 0 radical (unpaired) electrons. The Hall–Kier alpha value is -2.82. The highest BCUT2D eigenvalue weighted by molar-refractivity contribution is 5.78. The number of nitrogens with one attached hydrogen (secondary N) is 1. The molecular formula is C25H31NO4. The lowest BCUT2D eigenvalue weighted by molar-refractivity contribution is -0.152. The van der Waals surface area contributed by atoms with Gasteiger partial charge in [-0.2, -0.15) is 0 Å². The Kier molecular flexibility index (Phi) is 6.49. The van der Waals surface area contributed by atoms with Crippen molar-refractivity contribution in [1.29, 1.82) is 0 Å². The van der Waals surface area contributed by atoms with Crippen molar-refractivity contribution in [2.45, 2.75) is 58.1 Å². The maximum absolute atomic E-state index is 12.8. The third kappa shape index (κ3) is 5.41. The molecule has 160 valence electrons. The molecule has 0 saturated heterocycles. The van der Waals surface area contributed by atoms with Crippen LogP contribution in [0.4, 0.5) is 4.79 Å². The number of amides is 1. The summed E-state index contributed by atoms with van der Waals surface area (Å²) in [5.74, 6) is -0.221. The SMILES string of the molecule is COC(=O)[C@@]1(Cc2cccc(-c3ccccc3)c2)CC[C@H](NC(=O)OC(C)(C)C)C1. The van der Waals surface area contributed by atoms with Gasteiger partial charge in [0.1, 0.15) is 5.60 Å². The Morgan fingerprint density at radius 1 is 1.07 bits per heavy atom. The van der Waals surface area contributed by atoms with Crippen LogP contribution in [0.2, 0.25) is 0 Å². The Labute approximate surface area is 178 Å². The van der Waals surface area contributed by atoms with Crippen molar-refractivity contribution in [3.05, 3.63) is 60.2 Å². The summed E-state index contributed by atoms with van der Waals surface area (Å²) in [4.78, 5) is 25.0. The van der Waals surface area contributed by atoms with E-state index in [2.05, 4.69) is 29.6 Å². The summed E-state index contributed by atoms with van der Waals surface area (Å²) in [6.07, 6.45) is 2.04. The highest BCUT2D eigenvalue weighted by Crippen LogP contribution is 2.42. The summed E-state index contributed by atoms with van der Waals surface area (Å²) in [6.45, 7) is 5.50. The smallest absolute Gasteiger partial charge is 0.407 e. The number of ether oxygens (including phenoxy) is 2. The maximum atomic E-state index is 12.8. The van der Waals surface area contributed by atoms with Gasteiger partial charge in [-0.05, 0) is 63.1 Å². The molecule has 1 aliphatic rings. The molecule has 1 amide bonds. The van der Waals surface area contributed by atoms with Crippen molar-refractivity contribution in [3.63, 3.8) is 0 Å². The first-order chi connectivity index (χ1) is 14.2. The Morgan fingerprint density at radius 2 is 1.77 bits per heavy atom. The van der Waals surface area contributed by atoms with Gasteiger partial charge in [0.15, 0.2) is 0 Å². The van der Waals surface area contributed by atoms with Crippen LogP contribution in [0.15, 0.2) is 54.6 Å². The number of carbonyl (C=O) groups is 2. The van der Waals surface area contributed by atoms with E-state index in [0.29, 0.717) is 25.7 Å². The van der Waals surface area contributed by atoms with Crippen LogP contribution in [0.1, 0.15) is 45.6 Å². The molecule has 30 heavy (non-hydrogen) atoms. The third-order valence-electron chi connectivity index (χ3n) is 5.52. The van der Waals surface area contributed by atoms with Crippen LogP contribution in [0.5, 0.6) is 0 Å². The number of methoxy groups -OCH3 is 1. The van der Waals surface area contributed by atoms with Crippen molar-refractivity contribution in [2.75, 3.05) is 7.11 Å². The second-order valence-corrected chi connectivity index (χ2v) is 9.10. The summed E-state index contributed by atoms with van der Waals surface area (Å²) >= 11 is 0. The molecule has 0 heterocycles. The number of rotatable bonds is 5. The summed E-state index contributed by atoms with van der Waals surface area (Å²) < 4.78 is 10.5. The lowest BCUT2D eigenvalue weighted by Gasteiger charge is -2.27. The molecule has 0 aliphatic heterocycles. The van der Waals surface area contributed by atoms with Crippen molar-refractivity contribution >= 4 is 12.1 Å². The van der Waals surface area contributed by atoms with Crippen molar-refractivity contribution < 1.29 is 19.1 Å². The lowest BCUT2D eigenvalue weighted by Crippen LogP contribution is -2.40. The molecular weight excluding hydrogens is 378 g/mol. The summed E-state index contributed by atoms with van der Waals surface area (Å²) in [5, 5.41) is 2.92. The summed E-state index contributed by atoms with van der Waals surface area (Å²) in [6, 6.07) is 18.3. The zero-order valence-electron chi connectivity index (χ0n) is 18.2. The van der Waals surface area contributed by atoms with Crippen LogP contribution in [0, 0.1) is 5.41 Å². The lowest BCUT2D eigenvalue weighted by atomic mass is 9.79. The molecule has 2 atom stereocenters. The molecule has 5 nitrogen and oxygen atoms in total. The number of esters is 1. The Balaban J connectivity index is 1.76. The summed E-state index contributed by atoms with van der Waals surface area (Å²) in [7, 11) is 1.43. The van der Waals surface area contributed by atoms with Crippen molar-refractivity contribution in [2.24, 2.45) is 5.41 Å². The molecule has 1 fully saturated rings. The second kappa shape index (κ2) is 8.90. The second-order valence-electron chi connectivity index (χ2n) is 9.10. The average Bonchev–Trinajstić information content (AvgIpc) is 3.10. The minimum absolute atomic E-state index is 0.115. The normalized spacial score (nSPS) is 21.1. The maximum Gasteiger partial charge on any atom is 0.407 e. The van der Waals surface area contributed by atoms with Gasteiger partial charge in [-0.3, -0.25) is 4.79 Å². The fraction of sp³-hybridized carbons (Fsp3) is 0.440. The molecule has 2 aromatic carbocycles. The molecule has 3 rings (SSSR count). The van der Waals surface area contributed by atoms with Gasteiger partial charge >= 0.3 is 12.1 Å². The van der Waals surface area contributed by atoms with E-state index in [1.165, 1.54) is 7.11 Å².